The summed E-state index contributed by atoms with van der Waals surface area (Å²) in [6.07, 6.45) is -2.38. The molecule has 0 bridgehead atoms. The number of para-hydroxylation sites is 1. The van der Waals surface area contributed by atoms with Gasteiger partial charge in [0.2, 0.25) is 11.8 Å². The molecule has 6 atom stereocenters. The molecule has 7 rings (SSSR count). The summed E-state index contributed by atoms with van der Waals surface area (Å²) >= 11 is 0. The van der Waals surface area contributed by atoms with Crippen molar-refractivity contribution in [2.75, 3.05) is 52.7 Å². The van der Waals surface area contributed by atoms with Crippen molar-refractivity contribution >= 4 is 41.5 Å². The predicted octanol–water partition coefficient (Wildman–Crippen LogP) is 3.70. The molecule has 16 nitrogen and oxygen atoms in total. The second kappa shape index (κ2) is 18.9. The summed E-state index contributed by atoms with van der Waals surface area (Å²) in [4.78, 5) is 87.1. The maximum atomic E-state index is 15.9. The van der Waals surface area contributed by atoms with Crippen LogP contribution in [0.1, 0.15) is 52.4 Å². The number of nitrogens with zero attached hydrogens (tertiary/aromatic N) is 2. The Morgan fingerprint density at radius 3 is 2.11 bits per heavy atom. The maximum Gasteiger partial charge on any atom is 0.421 e. The van der Waals surface area contributed by atoms with Gasteiger partial charge in [0.25, 0.3) is 0 Å². The molecule has 3 heterocycles. The minimum Gasteiger partial charge on any atom is -0.491 e. The molecule has 0 radical (unpaired) electrons. The number of esters is 3. The van der Waals surface area contributed by atoms with E-state index in [-0.39, 0.29) is 55.4 Å². The molecule has 326 valence electrons. The lowest BCUT2D eigenvalue weighted by Gasteiger charge is -2.46. The van der Waals surface area contributed by atoms with E-state index in [0.717, 1.165) is 19.1 Å². The fourth-order valence-corrected chi connectivity index (χ4v) is 9.04. The third-order valence-corrected chi connectivity index (χ3v) is 11.5. The number of methoxy groups -OCH3 is 3. The molecule has 63 heavy (non-hydrogen) atoms. The van der Waals surface area contributed by atoms with Crippen molar-refractivity contribution in [3.63, 3.8) is 0 Å². The van der Waals surface area contributed by atoms with Gasteiger partial charge >= 0.3 is 24.0 Å². The number of carbonyl (C=O) groups is 6. The number of ether oxygens (including phenoxy) is 6. The first-order chi connectivity index (χ1) is 30.5. The number of fused-ring (bicyclic) bond motifs is 3. The number of imide groups is 1. The number of aliphatic hydroxyl groups excluding tert-OH is 1. The van der Waals surface area contributed by atoms with Gasteiger partial charge in [0, 0.05) is 24.7 Å². The number of hydrogen-bond acceptors (Lipinski definition) is 14. The largest absolute Gasteiger partial charge is 0.491 e. The van der Waals surface area contributed by atoms with Crippen LogP contribution < -0.4 is 15.4 Å². The molecule has 1 spiro atoms. The molecule has 0 aliphatic carbocycles. The third-order valence-electron chi connectivity index (χ3n) is 11.5. The van der Waals surface area contributed by atoms with Crippen molar-refractivity contribution in [2.45, 2.75) is 36.1 Å². The van der Waals surface area contributed by atoms with Gasteiger partial charge in [-0.05, 0) is 41.0 Å². The Bertz CT molecular complexity index is 2440. The van der Waals surface area contributed by atoms with E-state index in [0.29, 0.717) is 16.7 Å². The number of amides is 3. The van der Waals surface area contributed by atoms with Crippen LogP contribution in [0.25, 0.3) is 0 Å². The first-order valence-corrected chi connectivity index (χ1v) is 20.0. The quantitative estimate of drug-likeness (QED) is 0.0646. The molecule has 3 aliphatic rings. The van der Waals surface area contributed by atoms with Crippen molar-refractivity contribution in [3.8, 4) is 17.6 Å². The third kappa shape index (κ3) is 7.86. The Labute approximate surface area is 362 Å². The van der Waals surface area contributed by atoms with Gasteiger partial charge in [-0.3, -0.25) is 28.9 Å². The molecule has 16 heteroatoms. The Hall–Kier alpha value is -7.06. The summed E-state index contributed by atoms with van der Waals surface area (Å²) in [6, 6.07) is 25.7. The molecule has 0 saturated carbocycles. The van der Waals surface area contributed by atoms with Crippen molar-refractivity contribution in [3.05, 3.63) is 131 Å². The molecule has 3 amide bonds. The van der Waals surface area contributed by atoms with E-state index in [1.165, 1.54) is 25.3 Å². The van der Waals surface area contributed by atoms with Gasteiger partial charge in [-0.2, -0.15) is 0 Å². The smallest absolute Gasteiger partial charge is 0.421 e. The monoisotopic (exact) mass is 859 g/mol. The summed E-state index contributed by atoms with van der Waals surface area (Å²) in [6.45, 7) is -0.755. The number of primary amides is 1. The average molecular weight is 860 g/mol. The van der Waals surface area contributed by atoms with Crippen LogP contribution in [-0.4, -0.2) is 99.6 Å². The van der Waals surface area contributed by atoms with E-state index >= 15 is 4.79 Å². The molecule has 0 aromatic heterocycles. The van der Waals surface area contributed by atoms with E-state index in [4.69, 9.17) is 34.2 Å². The zero-order valence-electron chi connectivity index (χ0n) is 34.6. The highest BCUT2D eigenvalue weighted by Crippen LogP contribution is 2.66. The highest BCUT2D eigenvalue weighted by molar-refractivity contribution is 6.23. The summed E-state index contributed by atoms with van der Waals surface area (Å²) in [5.74, 6) is -1.64. The molecule has 3 N–H and O–H groups in total. The number of benzene rings is 4. The Kier molecular flexibility index (Phi) is 13.2. The zero-order chi connectivity index (χ0) is 44.8. The maximum absolute atomic E-state index is 15.9. The molecular formula is C47H45N3O13. The van der Waals surface area contributed by atoms with Gasteiger partial charge in [0.05, 0.1) is 51.1 Å². The summed E-state index contributed by atoms with van der Waals surface area (Å²) in [5.41, 5.74) is 6.18. The second-order valence-corrected chi connectivity index (χ2v) is 14.9. The van der Waals surface area contributed by atoms with Crippen LogP contribution in [0.2, 0.25) is 0 Å². The lowest BCUT2D eigenvalue weighted by atomic mass is 9.65. The normalized spacial score (nSPS) is 22.4. The van der Waals surface area contributed by atoms with Gasteiger partial charge in [-0.1, -0.05) is 90.7 Å². The first kappa shape index (κ1) is 44.0. The zero-order valence-corrected chi connectivity index (χ0v) is 34.6. The molecule has 4 aromatic carbocycles. The molecular weight excluding hydrogens is 815 g/mol. The van der Waals surface area contributed by atoms with Gasteiger partial charge in [-0.25, -0.2) is 9.69 Å². The van der Waals surface area contributed by atoms with E-state index in [1.54, 1.807) is 41.3 Å². The van der Waals surface area contributed by atoms with E-state index in [9.17, 15) is 29.1 Å². The van der Waals surface area contributed by atoms with Gasteiger partial charge < -0.3 is 39.3 Å². The molecule has 3 aliphatic heterocycles. The summed E-state index contributed by atoms with van der Waals surface area (Å²) in [7, 11) is 3.67. The first-order valence-electron chi connectivity index (χ1n) is 20.0. The van der Waals surface area contributed by atoms with Crippen LogP contribution in [0.4, 0.5) is 10.5 Å². The molecule has 2 fully saturated rings. The highest BCUT2D eigenvalue weighted by Gasteiger charge is 2.76. The fraction of sp³-hybridized carbons (Fsp3) is 0.319. The Balaban J connectivity index is 1.54. The number of morpholine rings is 1. The number of nitrogens with two attached hydrogens (primary N) is 1. The minimum atomic E-state index is -2.21. The number of anilines is 1. The van der Waals surface area contributed by atoms with E-state index < -0.39 is 77.3 Å². The van der Waals surface area contributed by atoms with Crippen molar-refractivity contribution in [2.24, 2.45) is 17.6 Å². The molecule has 6 unspecified atom stereocenters. The van der Waals surface area contributed by atoms with Crippen LogP contribution in [0.3, 0.4) is 0 Å². The van der Waals surface area contributed by atoms with Gasteiger partial charge in [0.15, 0.2) is 5.92 Å². The number of aliphatic hydroxyl groups is 1. The average Bonchev–Trinajstić information content (AvgIpc) is 3.76. The van der Waals surface area contributed by atoms with Gasteiger partial charge in [-0.15, -0.1) is 0 Å². The number of cyclic esters (lactones) is 1. The number of rotatable bonds is 13. The predicted molar refractivity (Wildman–Crippen MR) is 222 cm³/mol. The minimum absolute atomic E-state index is 0.00186. The Morgan fingerprint density at radius 2 is 1.48 bits per heavy atom. The van der Waals surface area contributed by atoms with Crippen LogP contribution in [0.5, 0.6) is 5.75 Å². The fourth-order valence-electron chi connectivity index (χ4n) is 9.04. The van der Waals surface area contributed by atoms with Crippen molar-refractivity contribution < 1.29 is 62.3 Å². The molecule has 2 saturated heterocycles. The van der Waals surface area contributed by atoms with Crippen molar-refractivity contribution in [1.82, 2.24) is 4.90 Å². The number of carbonyl (C=O) groups excluding carboxylic acids is 6. The van der Waals surface area contributed by atoms with Crippen molar-refractivity contribution in [1.29, 1.82) is 0 Å². The van der Waals surface area contributed by atoms with E-state index in [2.05, 4.69) is 11.8 Å². The van der Waals surface area contributed by atoms with Crippen LogP contribution in [0, 0.1) is 23.7 Å². The van der Waals surface area contributed by atoms with Gasteiger partial charge in [0.1, 0.15) is 36.5 Å². The summed E-state index contributed by atoms with van der Waals surface area (Å²) < 4.78 is 32.7. The second-order valence-electron chi connectivity index (χ2n) is 14.9. The van der Waals surface area contributed by atoms with Crippen LogP contribution in [0.15, 0.2) is 103 Å². The Morgan fingerprint density at radius 1 is 0.825 bits per heavy atom. The topological polar surface area (TPSA) is 211 Å². The van der Waals surface area contributed by atoms with Crippen LogP contribution in [-0.2, 0) is 53.1 Å². The van der Waals surface area contributed by atoms with E-state index in [1.807, 2.05) is 48.5 Å². The van der Waals surface area contributed by atoms with Crippen LogP contribution >= 0.6 is 0 Å². The lowest BCUT2D eigenvalue weighted by molar-refractivity contribution is -0.178. The highest BCUT2D eigenvalue weighted by atomic mass is 16.6. The lowest BCUT2D eigenvalue weighted by Crippen LogP contribution is -2.55. The SMILES string of the molecule is COCCOC(=O)N1C(=O)C2(c3cc(C#CCC(C(=O)OC)C(=O)OC)ccc31)C(C(N)=O)C1C(=O)OC(c3ccccc3)C(c3ccccc3)N1C2c1ccccc1OCCO. The number of hydrogen-bond donors (Lipinski definition) is 2. The summed E-state index contributed by atoms with van der Waals surface area (Å²) in [5, 5.41) is 9.92. The standard InChI is InChI=1S/C47H45N3O13/c1-58-25-26-62-46(57)49-34-22-21-28(13-12-19-32(42(53)59-2)43(54)60-3)27-33(34)47(45(49)56)36(41(48)52)38-44(55)63-39(30-16-8-5-9-17-30)37(29-14-6-4-7-15-29)50(38)40(47)31-18-10-11-20-35(31)61-24-23-51/h4-11,14-18,20-22,27,32,36-40,51H,19,23-26H2,1-3H3,(H2,48,52). The molecule has 4 aromatic rings.